The van der Waals surface area contributed by atoms with E-state index >= 15 is 0 Å². The van der Waals surface area contributed by atoms with Crippen LogP contribution in [0.15, 0.2) is 0 Å². The van der Waals surface area contributed by atoms with E-state index in [2.05, 4.69) is 24.0 Å². The van der Waals surface area contributed by atoms with E-state index in [0.29, 0.717) is 11.8 Å². The molecule has 1 aromatic heterocycles. The number of halogens is 1. The fourth-order valence-corrected chi connectivity index (χ4v) is 2.25. The van der Waals surface area contributed by atoms with Gasteiger partial charge in [0, 0.05) is 17.5 Å². The van der Waals surface area contributed by atoms with Crippen LogP contribution >= 0.6 is 11.6 Å². The number of alkyl halides is 1. The van der Waals surface area contributed by atoms with Crippen molar-refractivity contribution in [3.63, 3.8) is 0 Å². The van der Waals surface area contributed by atoms with Gasteiger partial charge in [0.15, 0.2) is 0 Å². The summed E-state index contributed by atoms with van der Waals surface area (Å²) >= 11 is 5.86. The average Bonchev–Trinajstić information content (AvgIpc) is 2.93. The Morgan fingerprint density at radius 2 is 2.20 bits per heavy atom. The Balaban J connectivity index is 2.20. The van der Waals surface area contributed by atoms with Crippen LogP contribution in [-0.2, 0) is 12.8 Å². The first-order valence-corrected chi connectivity index (χ1v) is 6.37. The summed E-state index contributed by atoms with van der Waals surface area (Å²) in [6.45, 7) is 4.48. The van der Waals surface area contributed by atoms with Gasteiger partial charge in [0.25, 0.3) is 0 Å². The number of rotatable bonds is 5. The van der Waals surface area contributed by atoms with Gasteiger partial charge in [-0.15, -0.1) is 11.6 Å². The summed E-state index contributed by atoms with van der Waals surface area (Å²) in [5.74, 6) is 2.09. The molecule has 0 aliphatic heterocycles. The molecule has 0 saturated heterocycles. The number of hydrogen-bond donors (Lipinski definition) is 1. The van der Waals surface area contributed by atoms with E-state index in [-0.39, 0.29) is 0 Å². The maximum Gasteiger partial charge on any atom is 0.0688 e. The van der Waals surface area contributed by atoms with E-state index in [9.17, 15) is 0 Å². The molecule has 2 nitrogen and oxygen atoms in total. The topological polar surface area (TPSA) is 28.7 Å². The average molecular weight is 227 g/mol. The summed E-state index contributed by atoms with van der Waals surface area (Å²) in [6.07, 6.45) is 4.67. The number of nitrogens with one attached hydrogen (secondary N) is 1. The quantitative estimate of drug-likeness (QED) is 0.768. The largest absolute Gasteiger partial charge is 0.282 e. The predicted molar refractivity (Wildman–Crippen MR) is 63.5 cm³/mol. The lowest BCUT2D eigenvalue weighted by Gasteiger charge is -2.05. The van der Waals surface area contributed by atoms with Crippen molar-refractivity contribution in [2.24, 2.45) is 5.92 Å². The Kier molecular flexibility index (Phi) is 3.35. The molecular formula is C12H19ClN2. The van der Waals surface area contributed by atoms with Crippen LogP contribution in [0.3, 0.4) is 0 Å². The first-order valence-electron chi connectivity index (χ1n) is 5.84. The molecule has 1 saturated carbocycles. The molecule has 84 valence electrons. The molecule has 0 unspecified atom stereocenters. The third kappa shape index (κ3) is 2.54. The van der Waals surface area contributed by atoms with Gasteiger partial charge in [0.1, 0.15) is 0 Å². The second-order valence-electron chi connectivity index (χ2n) is 4.88. The molecule has 1 fully saturated rings. The van der Waals surface area contributed by atoms with Crippen molar-refractivity contribution in [3.8, 4) is 0 Å². The van der Waals surface area contributed by atoms with Crippen LogP contribution in [0.5, 0.6) is 0 Å². The first-order chi connectivity index (χ1) is 7.22. The van der Waals surface area contributed by atoms with Crippen LogP contribution in [0, 0.1) is 5.92 Å². The van der Waals surface area contributed by atoms with Gasteiger partial charge in [-0.25, -0.2) is 0 Å². The smallest absolute Gasteiger partial charge is 0.0688 e. The third-order valence-corrected chi connectivity index (χ3v) is 3.09. The highest BCUT2D eigenvalue weighted by atomic mass is 35.5. The SMILES string of the molecule is CC(C)Cc1[nH]nc(C2CC2)c1CCCl. The molecule has 0 aromatic carbocycles. The minimum absolute atomic E-state index is 0.673. The van der Waals surface area contributed by atoms with E-state index in [1.54, 1.807) is 0 Å². The maximum atomic E-state index is 5.86. The Bertz CT molecular complexity index is 326. The van der Waals surface area contributed by atoms with E-state index in [0.717, 1.165) is 18.8 Å². The molecule has 15 heavy (non-hydrogen) atoms. The first kappa shape index (κ1) is 11.0. The third-order valence-electron chi connectivity index (χ3n) is 2.91. The Labute approximate surface area is 96.4 Å². The van der Waals surface area contributed by atoms with Crippen molar-refractivity contribution < 1.29 is 0 Å². The number of aromatic amines is 1. The van der Waals surface area contributed by atoms with Crippen molar-refractivity contribution in [2.75, 3.05) is 5.88 Å². The van der Waals surface area contributed by atoms with Gasteiger partial charge in [-0.05, 0) is 37.2 Å². The molecule has 0 amide bonds. The lowest BCUT2D eigenvalue weighted by molar-refractivity contribution is 0.630. The fraction of sp³-hybridized carbons (Fsp3) is 0.750. The molecule has 1 aliphatic carbocycles. The maximum absolute atomic E-state index is 5.86. The normalized spacial score (nSPS) is 16.3. The van der Waals surface area contributed by atoms with Crippen molar-refractivity contribution in [1.82, 2.24) is 10.2 Å². The monoisotopic (exact) mass is 226 g/mol. The Hall–Kier alpha value is -0.500. The minimum atomic E-state index is 0.673. The summed E-state index contributed by atoms with van der Waals surface area (Å²) in [5.41, 5.74) is 4.01. The lowest BCUT2D eigenvalue weighted by Crippen LogP contribution is -2.00. The van der Waals surface area contributed by atoms with E-state index in [1.165, 1.54) is 29.8 Å². The van der Waals surface area contributed by atoms with Gasteiger partial charge >= 0.3 is 0 Å². The van der Waals surface area contributed by atoms with Crippen LogP contribution in [0.1, 0.15) is 49.6 Å². The summed E-state index contributed by atoms with van der Waals surface area (Å²) in [6, 6.07) is 0. The van der Waals surface area contributed by atoms with Crippen molar-refractivity contribution in [3.05, 3.63) is 17.0 Å². The standard InChI is InChI=1S/C12H19ClN2/c1-8(2)7-11-10(5-6-13)12(15-14-11)9-3-4-9/h8-9H,3-7H2,1-2H3,(H,14,15). The highest BCUT2D eigenvalue weighted by molar-refractivity contribution is 6.18. The molecule has 3 heteroatoms. The molecule has 0 bridgehead atoms. The van der Waals surface area contributed by atoms with Crippen molar-refractivity contribution >= 4 is 11.6 Å². The van der Waals surface area contributed by atoms with Crippen LogP contribution in [-0.4, -0.2) is 16.1 Å². The highest BCUT2D eigenvalue weighted by Gasteiger charge is 2.29. The van der Waals surface area contributed by atoms with Crippen LogP contribution in [0.25, 0.3) is 0 Å². The van der Waals surface area contributed by atoms with E-state index in [4.69, 9.17) is 11.6 Å². The molecule has 2 rings (SSSR count). The van der Waals surface area contributed by atoms with Gasteiger partial charge in [-0.3, -0.25) is 5.10 Å². The Morgan fingerprint density at radius 1 is 1.47 bits per heavy atom. The molecule has 1 aliphatic rings. The van der Waals surface area contributed by atoms with Gasteiger partial charge in [-0.1, -0.05) is 13.8 Å². The van der Waals surface area contributed by atoms with Crippen molar-refractivity contribution in [2.45, 2.75) is 45.4 Å². The Morgan fingerprint density at radius 3 is 2.73 bits per heavy atom. The molecular weight excluding hydrogens is 208 g/mol. The zero-order chi connectivity index (χ0) is 10.8. The lowest BCUT2D eigenvalue weighted by atomic mass is 10.0. The van der Waals surface area contributed by atoms with Crippen LogP contribution in [0.2, 0.25) is 0 Å². The molecule has 0 atom stereocenters. The number of hydrogen-bond acceptors (Lipinski definition) is 1. The zero-order valence-electron chi connectivity index (χ0n) is 9.52. The zero-order valence-corrected chi connectivity index (χ0v) is 10.3. The number of H-pyrrole nitrogens is 1. The minimum Gasteiger partial charge on any atom is -0.282 e. The van der Waals surface area contributed by atoms with Gasteiger partial charge in [-0.2, -0.15) is 5.10 Å². The summed E-state index contributed by atoms with van der Waals surface area (Å²) in [7, 11) is 0. The van der Waals surface area contributed by atoms with E-state index in [1.807, 2.05) is 0 Å². The van der Waals surface area contributed by atoms with E-state index < -0.39 is 0 Å². The molecule has 0 spiro atoms. The summed E-state index contributed by atoms with van der Waals surface area (Å²) < 4.78 is 0. The number of aromatic nitrogens is 2. The molecule has 1 heterocycles. The molecule has 1 aromatic rings. The van der Waals surface area contributed by atoms with Crippen LogP contribution < -0.4 is 0 Å². The predicted octanol–water partition coefficient (Wildman–Crippen LogP) is 3.27. The highest BCUT2D eigenvalue weighted by Crippen LogP contribution is 2.41. The number of nitrogens with zero attached hydrogens (tertiary/aromatic N) is 1. The summed E-state index contributed by atoms with van der Waals surface area (Å²) in [4.78, 5) is 0. The second kappa shape index (κ2) is 4.56. The van der Waals surface area contributed by atoms with Crippen LogP contribution in [0.4, 0.5) is 0 Å². The van der Waals surface area contributed by atoms with Gasteiger partial charge < -0.3 is 0 Å². The van der Waals surface area contributed by atoms with Crippen molar-refractivity contribution in [1.29, 1.82) is 0 Å². The van der Waals surface area contributed by atoms with Gasteiger partial charge in [0.05, 0.1) is 5.69 Å². The fourth-order valence-electron chi connectivity index (χ4n) is 2.06. The summed E-state index contributed by atoms with van der Waals surface area (Å²) in [5, 5.41) is 7.67. The molecule has 1 N–H and O–H groups in total. The van der Waals surface area contributed by atoms with Gasteiger partial charge in [0.2, 0.25) is 0 Å². The second-order valence-corrected chi connectivity index (χ2v) is 5.26. The molecule has 0 radical (unpaired) electrons.